The molecule has 2 rings (SSSR count). The Hall–Kier alpha value is -1.68. The predicted octanol–water partition coefficient (Wildman–Crippen LogP) is 2.15. The van der Waals surface area contributed by atoms with Gasteiger partial charge in [0.15, 0.2) is 0 Å². The van der Waals surface area contributed by atoms with Gasteiger partial charge in [0.05, 0.1) is 18.7 Å². The lowest BCUT2D eigenvalue weighted by Crippen LogP contribution is -2.22. The molecule has 0 aliphatic heterocycles. The van der Waals surface area contributed by atoms with Crippen molar-refractivity contribution in [3.05, 3.63) is 50.4 Å². The normalized spacial score (nSPS) is 9.70. The zero-order chi connectivity index (χ0) is 14.4. The van der Waals surface area contributed by atoms with Gasteiger partial charge >= 0.3 is 0 Å². The number of thiophene rings is 1. The Morgan fingerprint density at radius 3 is 3.05 bits per heavy atom. The Balaban J connectivity index is 2.04. The van der Waals surface area contributed by atoms with Gasteiger partial charge in [-0.25, -0.2) is 0 Å². The first-order valence-corrected chi connectivity index (χ1v) is 7.52. The fourth-order valence-corrected chi connectivity index (χ4v) is 2.93. The molecule has 2 aromatic heterocycles. The number of hydrogen-bond donors (Lipinski definition) is 2. The van der Waals surface area contributed by atoms with E-state index in [1.165, 1.54) is 6.20 Å². The summed E-state index contributed by atoms with van der Waals surface area (Å²) >= 11 is 5.02. The number of nitrogens with zero attached hydrogens (tertiary/aromatic N) is 1. The summed E-state index contributed by atoms with van der Waals surface area (Å²) in [5, 5.41) is 4.82. The number of pyridine rings is 1. The van der Waals surface area contributed by atoms with Crippen LogP contribution >= 0.6 is 27.3 Å². The maximum Gasteiger partial charge on any atom is 0.253 e. The molecule has 0 aliphatic rings. The van der Waals surface area contributed by atoms with E-state index in [1.807, 2.05) is 11.4 Å². The molecule has 3 N–H and O–H groups in total. The molecule has 4 nitrogen and oxygen atoms in total. The highest BCUT2D eigenvalue weighted by Gasteiger charge is 2.08. The molecular formula is C14H12BrN3OS. The van der Waals surface area contributed by atoms with Gasteiger partial charge in [0.1, 0.15) is 0 Å². The van der Waals surface area contributed by atoms with Gasteiger partial charge in [-0.05, 0) is 33.4 Å². The van der Waals surface area contributed by atoms with Crippen molar-refractivity contribution in [1.29, 1.82) is 0 Å². The highest BCUT2D eigenvalue weighted by molar-refractivity contribution is 9.10. The van der Waals surface area contributed by atoms with Crippen molar-refractivity contribution in [2.45, 2.75) is 6.54 Å². The van der Waals surface area contributed by atoms with Gasteiger partial charge in [-0.3, -0.25) is 9.78 Å². The minimum atomic E-state index is -0.172. The van der Waals surface area contributed by atoms with Crippen LogP contribution in [0.5, 0.6) is 0 Å². The molecule has 0 saturated heterocycles. The third kappa shape index (κ3) is 3.90. The van der Waals surface area contributed by atoms with Crippen LogP contribution in [0.25, 0.3) is 0 Å². The number of nitrogens with one attached hydrogen (secondary N) is 1. The van der Waals surface area contributed by atoms with E-state index >= 15 is 0 Å². The SMILES string of the molecule is NCC#Cc1cncc(C(=O)NCc2sccc2Br)c1. The summed E-state index contributed by atoms with van der Waals surface area (Å²) in [7, 11) is 0. The van der Waals surface area contributed by atoms with Crippen LogP contribution in [0.15, 0.2) is 34.4 Å². The maximum atomic E-state index is 12.0. The van der Waals surface area contributed by atoms with Gasteiger partial charge in [0.25, 0.3) is 5.91 Å². The van der Waals surface area contributed by atoms with E-state index < -0.39 is 0 Å². The Kier molecular flexibility index (Phi) is 5.30. The van der Waals surface area contributed by atoms with E-state index in [0.29, 0.717) is 17.7 Å². The number of nitrogens with two attached hydrogens (primary N) is 1. The number of rotatable bonds is 3. The highest BCUT2D eigenvalue weighted by atomic mass is 79.9. The lowest BCUT2D eigenvalue weighted by molar-refractivity contribution is 0.0951. The molecule has 0 atom stereocenters. The second-order valence-electron chi connectivity index (χ2n) is 3.84. The van der Waals surface area contributed by atoms with Crippen LogP contribution < -0.4 is 11.1 Å². The van der Waals surface area contributed by atoms with Gasteiger partial charge in [-0.2, -0.15) is 0 Å². The van der Waals surface area contributed by atoms with Gasteiger partial charge in [0, 0.05) is 27.3 Å². The first-order chi connectivity index (χ1) is 9.70. The minimum absolute atomic E-state index is 0.172. The first kappa shape index (κ1) is 14.7. The molecule has 0 spiro atoms. The quantitative estimate of drug-likeness (QED) is 0.834. The second kappa shape index (κ2) is 7.20. The molecule has 0 unspecified atom stereocenters. The summed E-state index contributed by atoms with van der Waals surface area (Å²) in [6, 6.07) is 3.66. The average Bonchev–Trinajstić information content (AvgIpc) is 2.88. The topological polar surface area (TPSA) is 68.0 Å². The zero-order valence-corrected chi connectivity index (χ0v) is 12.9. The zero-order valence-electron chi connectivity index (χ0n) is 10.5. The first-order valence-electron chi connectivity index (χ1n) is 5.84. The van der Waals surface area contributed by atoms with Crippen LogP contribution in [0, 0.1) is 11.8 Å². The van der Waals surface area contributed by atoms with Gasteiger partial charge < -0.3 is 11.1 Å². The predicted molar refractivity (Wildman–Crippen MR) is 83.4 cm³/mol. The monoisotopic (exact) mass is 349 g/mol. The average molecular weight is 350 g/mol. The third-order valence-electron chi connectivity index (χ3n) is 2.44. The number of carbonyl (C=O) groups is 1. The Bertz CT molecular complexity index is 672. The molecular weight excluding hydrogens is 338 g/mol. The molecule has 1 amide bonds. The van der Waals surface area contributed by atoms with Crippen LogP contribution in [0.2, 0.25) is 0 Å². The molecule has 0 fully saturated rings. The molecule has 20 heavy (non-hydrogen) atoms. The second-order valence-corrected chi connectivity index (χ2v) is 5.70. The van der Waals surface area contributed by atoms with Crippen molar-refractivity contribution in [2.75, 3.05) is 6.54 Å². The number of amides is 1. The van der Waals surface area contributed by atoms with E-state index in [9.17, 15) is 4.79 Å². The maximum absolute atomic E-state index is 12.0. The van der Waals surface area contributed by atoms with E-state index in [0.717, 1.165) is 9.35 Å². The number of halogens is 1. The molecule has 0 aromatic carbocycles. The lowest BCUT2D eigenvalue weighted by Gasteiger charge is -2.04. The molecule has 6 heteroatoms. The van der Waals surface area contributed by atoms with Crippen LogP contribution in [-0.4, -0.2) is 17.4 Å². The molecule has 2 heterocycles. The minimum Gasteiger partial charge on any atom is -0.347 e. The summed E-state index contributed by atoms with van der Waals surface area (Å²) in [6.07, 6.45) is 3.13. The fraction of sp³-hybridized carbons (Fsp3) is 0.143. The number of carbonyl (C=O) groups excluding carboxylic acids is 1. The molecule has 102 valence electrons. The van der Waals surface area contributed by atoms with Crippen molar-refractivity contribution in [1.82, 2.24) is 10.3 Å². The highest BCUT2D eigenvalue weighted by Crippen LogP contribution is 2.22. The van der Waals surface area contributed by atoms with E-state index in [1.54, 1.807) is 23.6 Å². The smallest absolute Gasteiger partial charge is 0.253 e. The fourth-order valence-electron chi connectivity index (χ4n) is 1.50. The van der Waals surface area contributed by atoms with Crippen molar-refractivity contribution in [2.24, 2.45) is 5.73 Å². The van der Waals surface area contributed by atoms with E-state index in [2.05, 4.69) is 38.1 Å². The van der Waals surface area contributed by atoms with E-state index in [4.69, 9.17) is 5.73 Å². The number of hydrogen-bond acceptors (Lipinski definition) is 4. The molecule has 2 aromatic rings. The standard InChI is InChI=1S/C14H12BrN3OS/c15-12-3-5-20-13(12)9-18-14(19)11-6-10(2-1-4-16)7-17-8-11/h3,5-8H,4,9,16H2,(H,18,19). The largest absolute Gasteiger partial charge is 0.347 e. The van der Waals surface area contributed by atoms with Crippen molar-refractivity contribution < 1.29 is 4.79 Å². The van der Waals surface area contributed by atoms with Gasteiger partial charge in [-0.15, -0.1) is 11.3 Å². The Morgan fingerprint density at radius 2 is 2.35 bits per heavy atom. The summed E-state index contributed by atoms with van der Waals surface area (Å²) in [5.74, 6) is 5.42. The summed E-state index contributed by atoms with van der Waals surface area (Å²) in [6.45, 7) is 0.763. The van der Waals surface area contributed by atoms with Crippen LogP contribution in [0.1, 0.15) is 20.8 Å². The van der Waals surface area contributed by atoms with Gasteiger partial charge in [-0.1, -0.05) is 11.8 Å². The van der Waals surface area contributed by atoms with Crippen molar-refractivity contribution >= 4 is 33.2 Å². The molecule has 0 bridgehead atoms. The molecule has 0 saturated carbocycles. The van der Waals surface area contributed by atoms with Crippen LogP contribution in [0.3, 0.4) is 0 Å². The van der Waals surface area contributed by atoms with Crippen LogP contribution in [-0.2, 0) is 6.54 Å². The Labute approximate surface area is 129 Å². The van der Waals surface area contributed by atoms with Crippen molar-refractivity contribution in [3.8, 4) is 11.8 Å². The third-order valence-corrected chi connectivity index (χ3v) is 4.36. The van der Waals surface area contributed by atoms with Crippen molar-refractivity contribution in [3.63, 3.8) is 0 Å². The molecule has 0 aliphatic carbocycles. The summed E-state index contributed by atoms with van der Waals surface area (Å²) in [5.41, 5.74) is 6.48. The van der Waals surface area contributed by atoms with Crippen LogP contribution in [0.4, 0.5) is 0 Å². The van der Waals surface area contributed by atoms with E-state index in [-0.39, 0.29) is 12.5 Å². The van der Waals surface area contributed by atoms with Gasteiger partial charge in [0.2, 0.25) is 0 Å². The summed E-state index contributed by atoms with van der Waals surface area (Å²) in [4.78, 5) is 17.1. The summed E-state index contributed by atoms with van der Waals surface area (Å²) < 4.78 is 1.00. The lowest BCUT2D eigenvalue weighted by atomic mass is 10.2. The Morgan fingerprint density at radius 1 is 1.50 bits per heavy atom. The molecule has 0 radical (unpaired) electrons. The number of aromatic nitrogens is 1.